The van der Waals surface area contributed by atoms with Crippen molar-refractivity contribution in [1.82, 2.24) is 0 Å². The quantitative estimate of drug-likeness (QED) is 0.873. The summed E-state index contributed by atoms with van der Waals surface area (Å²) in [5.74, 6) is 2.34. The van der Waals surface area contributed by atoms with Gasteiger partial charge in [-0.15, -0.1) is 0 Å². The van der Waals surface area contributed by atoms with Crippen molar-refractivity contribution >= 4 is 11.6 Å². The van der Waals surface area contributed by atoms with Crippen LogP contribution in [-0.4, -0.2) is 11.0 Å². The maximum absolute atomic E-state index is 12.1. The molecule has 1 aromatic rings. The summed E-state index contributed by atoms with van der Waals surface area (Å²) in [5.41, 5.74) is 1.53. The third-order valence-electron chi connectivity index (χ3n) is 4.79. The van der Waals surface area contributed by atoms with E-state index in [1.54, 1.807) is 0 Å². The molecule has 2 N–H and O–H groups in total. The van der Waals surface area contributed by atoms with E-state index in [4.69, 9.17) is 0 Å². The van der Waals surface area contributed by atoms with Crippen LogP contribution in [-0.2, 0) is 11.4 Å². The minimum Gasteiger partial charge on any atom is -0.392 e. The first-order chi connectivity index (χ1) is 9.26. The second kappa shape index (κ2) is 5.33. The number of anilines is 1. The highest BCUT2D eigenvalue weighted by Gasteiger charge is 2.40. The molecule has 3 atom stereocenters. The molecule has 0 aromatic heterocycles. The van der Waals surface area contributed by atoms with Gasteiger partial charge in [0.15, 0.2) is 0 Å². The Bertz CT molecular complexity index is 472. The van der Waals surface area contributed by atoms with Crippen LogP contribution in [0, 0.1) is 17.8 Å². The Morgan fingerprint density at radius 2 is 2.11 bits per heavy atom. The van der Waals surface area contributed by atoms with Gasteiger partial charge in [-0.3, -0.25) is 4.79 Å². The van der Waals surface area contributed by atoms with Crippen molar-refractivity contribution in [2.75, 3.05) is 5.32 Å². The van der Waals surface area contributed by atoms with Crippen LogP contribution in [0.25, 0.3) is 0 Å². The lowest BCUT2D eigenvalue weighted by Crippen LogP contribution is -2.20. The third-order valence-corrected chi connectivity index (χ3v) is 4.79. The fourth-order valence-electron chi connectivity index (χ4n) is 3.85. The molecule has 2 fully saturated rings. The average molecular weight is 259 g/mol. The molecule has 2 aliphatic carbocycles. The molecule has 3 unspecified atom stereocenters. The Morgan fingerprint density at radius 1 is 1.26 bits per heavy atom. The molecule has 0 heterocycles. The second-order valence-electron chi connectivity index (χ2n) is 6.00. The van der Waals surface area contributed by atoms with Crippen molar-refractivity contribution < 1.29 is 9.90 Å². The average Bonchev–Trinajstić information content (AvgIpc) is 3.01. The van der Waals surface area contributed by atoms with Gasteiger partial charge in [0.2, 0.25) is 5.91 Å². The lowest BCUT2D eigenvalue weighted by molar-refractivity contribution is -0.117. The number of hydrogen-bond acceptors (Lipinski definition) is 2. The number of aliphatic hydroxyl groups is 1. The van der Waals surface area contributed by atoms with E-state index in [9.17, 15) is 9.90 Å². The summed E-state index contributed by atoms with van der Waals surface area (Å²) in [4.78, 5) is 12.1. The van der Waals surface area contributed by atoms with E-state index < -0.39 is 0 Å². The van der Waals surface area contributed by atoms with Gasteiger partial charge in [0.05, 0.1) is 6.61 Å². The number of hydrogen-bond donors (Lipinski definition) is 2. The summed E-state index contributed by atoms with van der Waals surface area (Å²) in [6.45, 7) is -0.0371. The van der Waals surface area contributed by atoms with Crippen LogP contribution in [0.3, 0.4) is 0 Å². The number of benzene rings is 1. The standard InChI is InChI=1S/C16H21NO2/c18-10-13-3-1-2-4-15(13)17-16(19)9-14-8-11-5-6-12(14)7-11/h1-4,11-12,14,18H,5-10H2,(H,17,19). The zero-order valence-corrected chi connectivity index (χ0v) is 11.1. The number of amides is 1. The fraction of sp³-hybridized carbons (Fsp3) is 0.562. The maximum atomic E-state index is 12.1. The summed E-state index contributed by atoms with van der Waals surface area (Å²) in [5, 5.41) is 12.2. The number of nitrogens with one attached hydrogen (secondary N) is 1. The lowest BCUT2D eigenvalue weighted by Gasteiger charge is -2.21. The number of aliphatic hydroxyl groups excluding tert-OH is 1. The Kier molecular flexibility index (Phi) is 3.56. The molecule has 0 aliphatic heterocycles. The van der Waals surface area contributed by atoms with E-state index in [1.807, 2.05) is 24.3 Å². The number of rotatable bonds is 4. The van der Waals surface area contributed by atoms with Crippen LogP contribution in [0.5, 0.6) is 0 Å². The molecule has 2 bridgehead atoms. The third kappa shape index (κ3) is 2.66. The molecule has 1 amide bonds. The number of carbonyl (C=O) groups is 1. The second-order valence-corrected chi connectivity index (χ2v) is 6.00. The van der Waals surface area contributed by atoms with E-state index in [2.05, 4.69) is 5.32 Å². The van der Waals surface area contributed by atoms with Gasteiger partial charge < -0.3 is 10.4 Å². The van der Waals surface area contributed by atoms with Crippen LogP contribution in [0.15, 0.2) is 24.3 Å². The molecule has 3 nitrogen and oxygen atoms in total. The van der Waals surface area contributed by atoms with Crippen LogP contribution in [0.2, 0.25) is 0 Å². The summed E-state index contributed by atoms with van der Waals surface area (Å²) in [6.07, 6.45) is 5.90. The predicted molar refractivity (Wildman–Crippen MR) is 74.5 cm³/mol. The van der Waals surface area contributed by atoms with Gasteiger partial charge in [0.1, 0.15) is 0 Å². The Hall–Kier alpha value is -1.35. The van der Waals surface area contributed by atoms with Gasteiger partial charge >= 0.3 is 0 Å². The van der Waals surface area contributed by atoms with Crippen molar-refractivity contribution in [2.24, 2.45) is 17.8 Å². The van der Waals surface area contributed by atoms with Crippen molar-refractivity contribution in [3.63, 3.8) is 0 Å². The van der Waals surface area contributed by atoms with Gasteiger partial charge in [-0.2, -0.15) is 0 Å². The van der Waals surface area contributed by atoms with Crippen LogP contribution in [0.4, 0.5) is 5.69 Å². The summed E-state index contributed by atoms with van der Waals surface area (Å²) in [6, 6.07) is 7.45. The summed E-state index contributed by atoms with van der Waals surface area (Å²) in [7, 11) is 0. The fourth-order valence-corrected chi connectivity index (χ4v) is 3.85. The Labute approximate surface area is 114 Å². The molecule has 102 valence electrons. The zero-order valence-electron chi connectivity index (χ0n) is 11.1. The van der Waals surface area contributed by atoms with Gasteiger partial charge in [-0.1, -0.05) is 24.6 Å². The van der Waals surface area contributed by atoms with Gasteiger partial charge in [0.25, 0.3) is 0 Å². The molecule has 3 rings (SSSR count). The zero-order chi connectivity index (χ0) is 13.2. The molecule has 2 aliphatic rings. The minimum absolute atomic E-state index is 0.0371. The first-order valence-electron chi connectivity index (χ1n) is 7.25. The first-order valence-corrected chi connectivity index (χ1v) is 7.25. The van der Waals surface area contributed by atoms with E-state index >= 15 is 0 Å². The Balaban J connectivity index is 1.59. The first kappa shape index (κ1) is 12.7. The summed E-state index contributed by atoms with van der Waals surface area (Å²) < 4.78 is 0. The van der Waals surface area contributed by atoms with E-state index in [-0.39, 0.29) is 12.5 Å². The highest BCUT2D eigenvalue weighted by molar-refractivity contribution is 5.91. The van der Waals surface area contributed by atoms with Crippen LogP contribution >= 0.6 is 0 Å². The van der Waals surface area contributed by atoms with Crippen molar-refractivity contribution in [1.29, 1.82) is 0 Å². The predicted octanol–water partition coefficient (Wildman–Crippen LogP) is 2.94. The topological polar surface area (TPSA) is 49.3 Å². The molecular formula is C16H21NO2. The van der Waals surface area contributed by atoms with Crippen molar-refractivity contribution in [2.45, 2.75) is 38.7 Å². The highest BCUT2D eigenvalue weighted by atomic mass is 16.3. The molecule has 0 saturated heterocycles. The van der Waals surface area contributed by atoms with E-state index in [0.29, 0.717) is 12.3 Å². The molecule has 2 saturated carbocycles. The lowest BCUT2D eigenvalue weighted by atomic mass is 9.86. The number of carbonyl (C=O) groups excluding carboxylic acids is 1. The van der Waals surface area contributed by atoms with Gasteiger partial charge in [0, 0.05) is 17.7 Å². The molecule has 0 spiro atoms. The van der Waals surface area contributed by atoms with Crippen molar-refractivity contribution in [3.05, 3.63) is 29.8 Å². The van der Waals surface area contributed by atoms with Crippen molar-refractivity contribution in [3.8, 4) is 0 Å². The van der Waals surface area contributed by atoms with Crippen LogP contribution in [0.1, 0.15) is 37.7 Å². The SMILES string of the molecule is O=C(CC1CC2CCC1C2)Nc1ccccc1CO. The number of para-hydroxylation sites is 1. The van der Waals surface area contributed by atoms with E-state index in [1.165, 1.54) is 25.7 Å². The molecule has 3 heteroatoms. The summed E-state index contributed by atoms with van der Waals surface area (Å²) >= 11 is 0. The molecule has 1 aromatic carbocycles. The largest absolute Gasteiger partial charge is 0.392 e. The highest BCUT2D eigenvalue weighted by Crippen LogP contribution is 2.49. The molecule has 19 heavy (non-hydrogen) atoms. The van der Waals surface area contributed by atoms with Crippen LogP contribution < -0.4 is 5.32 Å². The Morgan fingerprint density at radius 3 is 2.79 bits per heavy atom. The molecule has 0 radical (unpaired) electrons. The smallest absolute Gasteiger partial charge is 0.224 e. The normalized spacial score (nSPS) is 28.6. The number of fused-ring (bicyclic) bond motifs is 2. The maximum Gasteiger partial charge on any atom is 0.224 e. The van der Waals surface area contributed by atoms with Gasteiger partial charge in [-0.05, 0) is 43.1 Å². The van der Waals surface area contributed by atoms with E-state index in [0.717, 1.165) is 23.1 Å². The van der Waals surface area contributed by atoms with Gasteiger partial charge in [-0.25, -0.2) is 0 Å². The molecular weight excluding hydrogens is 238 g/mol. The minimum atomic E-state index is -0.0371. The monoisotopic (exact) mass is 259 g/mol.